The van der Waals surface area contributed by atoms with Crippen molar-refractivity contribution in [2.75, 3.05) is 18.4 Å². The zero-order valence-corrected chi connectivity index (χ0v) is 14.5. The minimum atomic E-state index is -3.71. The lowest BCUT2D eigenvalue weighted by atomic mass is 10.2. The van der Waals surface area contributed by atoms with E-state index in [0.29, 0.717) is 24.7 Å². The maximum Gasteiger partial charge on any atom is 0.293 e. The molecule has 0 radical (unpaired) electrons. The second kappa shape index (κ2) is 6.84. The molecule has 8 heteroatoms. The lowest BCUT2D eigenvalue weighted by Crippen LogP contribution is -2.30. The van der Waals surface area contributed by atoms with Crippen molar-refractivity contribution in [2.24, 2.45) is 5.92 Å². The molecule has 1 aromatic rings. The number of hydrogen-bond donors (Lipinski definition) is 1. The van der Waals surface area contributed by atoms with Crippen LogP contribution < -0.4 is 5.32 Å². The lowest BCUT2D eigenvalue weighted by Gasteiger charge is -2.19. The van der Waals surface area contributed by atoms with Gasteiger partial charge in [-0.2, -0.15) is 4.31 Å². The Bertz CT molecular complexity index is 682. The number of nitrogens with one attached hydrogen (secondary N) is 1. The number of anilines is 1. The number of hydrogen-bond acceptors (Lipinski definition) is 5. The van der Waals surface area contributed by atoms with E-state index in [1.165, 1.54) is 16.4 Å². The molecule has 1 saturated carbocycles. The minimum Gasteiger partial charge on any atom is -0.377 e. The molecule has 0 aliphatic heterocycles. The Balaban J connectivity index is 2.37. The second-order valence-electron chi connectivity index (χ2n) is 5.80. The fraction of sp³-hybridized carbons (Fsp3) is 0.600. The van der Waals surface area contributed by atoms with Gasteiger partial charge < -0.3 is 5.32 Å². The summed E-state index contributed by atoms with van der Waals surface area (Å²) < 4.78 is 26.3. The Morgan fingerprint density at radius 1 is 1.35 bits per heavy atom. The van der Waals surface area contributed by atoms with Crippen LogP contribution in [0.1, 0.15) is 33.6 Å². The van der Waals surface area contributed by atoms with Gasteiger partial charge in [0.15, 0.2) is 0 Å². The third kappa shape index (κ3) is 3.81. The van der Waals surface area contributed by atoms with Crippen LogP contribution in [-0.2, 0) is 10.0 Å². The average Bonchev–Trinajstić information content (AvgIpc) is 3.32. The zero-order chi connectivity index (χ0) is 17.2. The molecule has 1 aliphatic rings. The Morgan fingerprint density at radius 2 is 1.96 bits per heavy atom. The van der Waals surface area contributed by atoms with Crippen molar-refractivity contribution in [2.45, 2.75) is 44.6 Å². The Kier molecular flexibility index (Phi) is 5.26. The van der Waals surface area contributed by atoms with Gasteiger partial charge in [-0.1, -0.05) is 13.8 Å². The number of rotatable bonds is 8. The molecule has 0 bridgehead atoms. The highest BCUT2D eigenvalue weighted by atomic mass is 32.2. The van der Waals surface area contributed by atoms with Gasteiger partial charge in [0, 0.05) is 25.2 Å². The van der Waals surface area contributed by atoms with Crippen molar-refractivity contribution >= 4 is 21.4 Å². The van der Waals surface area contributed by atoms with Gasteiger partial charge in [-0.15, -0.1) is 0 Å². The quantitative estimate of drug-likeness (QED) is 0.580. The number of nitrogens with zero attached hydrogens (tertiary/aromatic N) is 2. The highest BCUT2D eigenvalue weighted by molar-refractivity contribution is 7.89. The molecule has 1 fully saturated rings. The first kappa shape index (κ1) is 17.7. The monoisotopic (exact) mass is 341 g/mol. The molecule has 1 aliphatic carbocycles. The van der Waals surface area contributed by atoms with Crippen LogP contribution in [0.3, 0.4) is 0 Å². The molecule has 0 saturated heterocycles. The van der Waals surface area contributed by atoms with Crippen LogP contribution in [0.5, 0.6) is 0 Å². The van der Waals surface area contributed by atoms with Gasteiger partial charge in [0.05, 0.1) is 9.82 Å². The van der Waals surface area contributed by atoms with Crippen LogP contribution in [0.25, 0.3) is 0 Å². The molecule has 2 rings (SSSR count). The predicted molar refractivity (Wildman–Crippen MR) is 89.0 cm³/mol. The maximum atomic E-state index is 12.5. The molecule has 0 heterocycles. The first-order chi connectivity index (χ1) is 10.8. The Morgan fingerprint density at radius 3 is 2.43 bits per heavy atom. The number of benzene rings is 1. The third-order valence-electron chi connectivity index (χ3n) is 4.22. The summed E-state index contributed by atoms with van der Waals surface area (Å²) in [5.41, 5.74) is 0.165. The van der Waals surface area contributed by atoms with Gasteiger partial charge in [-0.05, 0) is 37.8 Å². The first-order valence-electron chi connectivity index (χ1n) is 7.86. The summed E-state index contributed by atoms with van der Waals surface area (Å²) in [4.78, 5) is 10.8. The fourth-order valence-electron chi connectivity index (χ4n) is 2.62. The van der Waals surface area contributed by atoms with Crippen LogP contribution in [0.2, 0.25) is 0 Å². The van der Waals surface area contributed by atoms with Crippen LogP contribution in [-0.4, -0.2) is 36.8 Å². The molecule has 0 aromatic heterocycles. The lowest BCUT2D eigenvalue weighted by molar-refractivity contribution is -0.384. The fourth-order valence-corrected chi connectivity index (χ4v) is 4.10. The first-order valence-corrected chi connectivity index (χ1v) is 9.30. The van der Waals surface area contributed by atoms with Gasteiger partial charge in [-0.3, -0.25) is 10.1 Å². The van der Waals surface area contributed by atoms with Crippen molar-refractivity contribution in [1.29, 1.82) is 0 Å². The summed E-state index contributed by atoms with van der Waals surface area (Å²) in [5, 5.41) is 14.5. The van der Waals surface area contributed by atoms with E-state index >= 15 is 0 Å². The summed E-state index contributed by atoms with van der Waals surface area (Å²) in [7, 11) is -3.71. The predicted octanol–water partition coefficient (Wildman–Crippen LogP) is 2.84. The molecule has 0 spiro atoms. The van der Waals surface area contributed by atoms with Crippen molar-refractivity contribution in [3.05, 3.63) is 28.3 Å². The van der Waals surface area contributed by atoms with E-state index in [2.05, 4.69) is 5.32 Å². The molecule has 1 N–H and O–H groups in total. The van der Waals surface area contributed by atoms with E-state index in [9.17, 15) is 18.5 Å². The highest BCUT2D eigenvalue weighted by Crippen LogP contribution is 2.36. The van der Waals surface area contributed by atoms with Crippen LogP contribution in [0, 0.1) is 16.0 Å². The number of nitro groups is 1. The molecular formula is C15H23N3O4S. The van der Waals surface area contributed by atoms with Gasteiger partial charge in [-0.25, -0.2) is 8.42 Å². The molecular weight excluding hydrogens is 318 g/mol. The smallest absolute Gasteiger partial charge is 0.293 e. The summed E-state index contributed by atoms with van der Waals surface area (Å²) in [6.45, 7) is 6.12. The Labute approximate surface area is 136 Å². The molecule has 1 aromatic carbocycles. The van der Waals surface area contributed by atoms with E-state index in [1.54, 1.807) is 13.8 Å². The largest absolute Gasteiger partial charge is 0.377 e. The van der Waals surface area contributed by atoms with Crippen molar-refractivity contribution in [3.63, 3.8) is 0 Å². The van der Waals surface area contributed by atoms with Crippen LogP contribution in [0.4, 0.5) is 11.4 Å². The van der Waals surface area contributed by atoms with E-state index < -0.39 is 14.9 Å². The molecule has 0 unspecified atom stereocenters. The molecule has 7 nitrogen and oxygen atoms in total. The third-order valence-corrected chi connectivity index (χ3v) is 6.27. The molecule has 0 amide bonds. The van der Waals surface area contributed by atoms with E-state index in [0.717, 1.165) is 18.9 Å². The maximum absolute atomic E-state index is 12.5. The normalized spacial score (nSPS) is 16.3. The standard InChI is InChI=1S/C15H23N3O4S/c1-4-17(5-2)23(21,22)13-8-9-14(15(10-13)18(19)20)16-11(3)12-6-7-12/h8-12,16H,4-7H2,1-3H3/t11-/m1/s1. The van der Waals surface area contributed by atoms with Crippen molar-refractivity contribution < 1.29 is 13.3 Å². The van der Waals surface area contributed by atoms with Crippen molar-refractivity contribution in [1.82, 2.24) is 4.31 Å². The van der Waals surface area contributed by atoms with Crippen LogP contribution in [0.15, 0.2) is 23.1 Å². The van der Waals surface area contributed by atoms with Gasteiger partial charge in [0.25, 0.3) is 5.69 Å². The summed E-state index contributed by atoms with van der Waals surface area (Å²) >= 11 is 0. The number of nitro benzene ring substituents is 1. The SMILES string of the molecule is CCN(CC)S(=O)(=O)c1ccc(N[C@H](C)C2CC2)c([N+](=O)[O-])c1. The van der Waals surface area contributed by atoms with Crippen molar-refractivity contribution in [3.8, 4) is 0 Å². The minimum absolute atomic E-state index is 0.0440. The zero-order valence-electron chi connectivity index (χ0n) is 13.7. The summed E-state index contributed by atoms with van der Waals surface area (Å²) in [6.07, 6.45) is 2.24. The summed E-state index contributed by atoms with van der Waals surface area (Å²) in [6, 6.07) is 4.21. The molecule has 128 valence electrons. The summed E-state index contributed by atoms with van der Waals surface area (Å²) in [5.74, 6) is 0.536. The van der Waals surface area contributed by atoms with E-state index in [4.69, 9.17) is 0 Å². The Hall–Kier alpha value is -1.67. The van der Waals surface area contributed by atoms with Gasteiger partial charge in [0.2, 0.25) is 10.0 Å². The van der Waals surface area contributed by atoms with E-state index in [1.807, 2.05) is 6.92 Å². The number of sulfonamides is 1. The van der Waals surface area contributed by atoms with Gasteiger partial charge >= 0.3 is 0 Å². The topological polar surface area (TPSA) is 92.6 Å². The molecule has 23 heavy (non-hydrogen) atoms. The van der Waals surface area contributed by atoms with Crippen LogP contribution >= 0.6 is 0 Å². The second-order valence-corrected chi connectivity index (χ2v) is 7.73. The highest BCUT2D eigenvalue weighted by Gasteiger charge is 2.30. The molecule has 1 atom stereocenters. The average molecular weight is 341 g/mol. The van der Waals surface area contributed by atoms with E-state index in [-0.39, 0.29) is 16.6 Å². The van der Waals surface area contributed by atoms with Gasteiger partial charge in [0.1, 0.15) is 5.69 Å².